The van der Waals surface area contributed by atoms with E-state index in [0.717, 1.165) is 13.0 Å². The fraction of sp³-hybridized carbons (Fsp3) is 1.00. The van der Waals surface area contributed by atoms with E-state index in [4.69, 9.17) is 0 Å². The molecule has 2 saturated carbocycles. The molecule has 21 heavy (non-hydrogen) atoms. The third-order valence-electron chi connectivity index (χ3n) is 5.71. The van der Waals surface area contributed by atoms with Crippen LogP contribution >= 0.6 is 0 Å². The summed E-state index contributed by atoms with van der Waals surface area (Å²) >= 11 is 0. The Morgan fingerprint density at radius 1 is 1.24 bits per heavy atom. The highest BCUT2D eigenvalue weighted by Gasteiger charge is 2.60. The predicted molar refractivity (Wildman–Crippen MR) is 87.7 cm³/mol. The lowest BCUT2D eigenvalue weighted by atomic mass is 9.69. The average molecular weight is 317 g/mol. The summed E-state index contributed by atoms with van der Waals surface area (Å²) in [5.74, 6) is 0.887. The molecule has 0 aromatic carbocycles. The molecule has 3 atom stereocenters. The van der Waals surface area contributed by atoms with Crippen LogP contribution in [0.25, 0.3) is 0 Å². The summed E-state index contributed by atoms with van der Waals surface area (Å²) in [7, 11) is -3.18. The molecule has 0 amide bonds. The van der Waals surface area contributed by atoms with Crippen LogP contribution in [-0.2, 0) is 10.0 Å². The van der Waals surface area contributed by atoms with Gasteiger partial charge in [0.1, 0.15) is 0 Å². The van der Waals surface area contributed by atoms with Crippen LogP contribution < -0.4 is 10.0 Å². The van der Waals surface area contributed by atoms with Gasteiger partial charge in [-0.25, -0.2) is 13.1 Å². The summed E-state index contributed by atoms with van der Waals surface area (Å²) < 4.78 is 27.8. The van der Waals surface area contributed by atoms with Crippen LogP contribution in [0.15, 0.2) is 0 Å². The van der Waals surface area contributed by atoms with Gasteiger partial charge in [0.05, 0.1) is 5.75 Å². The van der Waals surface area contributed by atoms with E-state index in [2.05, 4.69) is 44.7 Å². The van der Waals surface area contributed by atoms with Crippen molar-refractivity contribution in [3.05, 3.63) is 0 Å². The molecule has 2 N–H and O–H groups in total. The number of hydrogen-bond donors (Lipinski definition) is 2. The van der Waals surface area contributed by atoms with Crippen molar-refractivity contribution >= 4 is 10.0 Å². The molecule has 0 saturated heterocycles. The summed E-state index contributed by atoms with van der Waals surface area (Å²) in [6, 6.07) is 0.496. The van der Waals surface area contributed by atoms with E-state index in [9.17, 15) is 8.42 Å². The topological polar surface area (TPSA) is 58.2 Å². The van der Waals surface area contributed by atoms with Gasteiger partial charge in [0.25, 0.3) is 0 Å². The SMILES string of the molecule is CC(C)NCCCS(=O)(=O)NC1C2(C)CCC(C2)C1(C)C. The second-order valence-electron chi connectivity index (χ2n) is 8.25. The standard InChI is InChI=1S/C16H32N2O2S/c1-12(2)17-9-6-10-21(19,20)18-14-15(3,4)13-7-8-16(14,5)11-13/h12-14,17-18H,6-11H2,1-5H3. The highest BCUT2D eigenvalue weighted by molar-refractivity contribution is 7.89. The summed E-state index contributed by atoms with van der Waals surface area (Å²) in [6.45, 7) is 11.6. The first-order valence-corrected chi connectivity index (χ1v) is 9.95. The van der Waals surface area contributed by atoms with Gasteiger partial charge in [0, 0.05) is 12.1 Å². The molecule has 4 nitrogen and oxygen atoms in total. The molecule has 2 aliphatic rings. The number of fused-ring (bicyclic) bond motifs is 2. The first kappa shape index (κ1) is 17.2. The van der Waals surface area contributed by atoms with Gasteiger partial charge in [0.15, 0.2) is 0 Å². The maximum absolute atomic E-state index is 12.4. The Morgan fingerprint density at radius 3 is 2.43 bits per heavy atom. The minimum Gasteiger partial charge on any atom is -0.314 e. The van der Waals surface area contributed by atoms with Crippen LogP contribution in [0.2, 0.25) is 0 Å². The maximum Gasteiger partial charge on any atom is 0.211 e. The lowest BCUT2D eigenvalue weighted by Gasteiger charge is -2.42. The summed E-state index contributed by atoms with van der Waals surface area (Å²) in [5, 5.41) is 3.27. The smallest absolute Gasteiger partial charge is 0.211 e. The van der Waals surface area contributed by atoms with Gasteiger partial charge < -0.3 is 5.32 Å². The Morgan fingerprint density at radius 2 is 1.90 bits per heavy atom. The summed E-state index contributed by atoms with van der Waals surface area (Å²) in [6.07, 6.45) is 4.24. The van der Waals surface area contributed by atoms with Crippen LogP contribution in [0.5, 0.6) is 0 Å². The fourth-order valence-corrected chi connectivity index (χ4v) is 6.08. The summed E-state index contributed by atoms with van der Waals surface area (Å²) in [5.41, 5.74) is 0.230. The van der Waals surface area contributed by atoms with Crippen molar-refractivity contribution < 1.29 is 8.42 Å². The largest absolute Gasteiger partial charge is 0.314 e. The van der Waals surface area contributed by atoms with Gasteiger partial charge in [-0.15, -0.1) is 0 Å². The van der Waals surface area contributed by atoms with Gasteiger partial charge in [-0.3, -0.25) is 0 Å². The van der Waals surface area contributed by atoms with Crippen LogP contribution in [0, 0.1) is 16.7 Å². The molecule has 2 fully saturated rings. The Balaban J connectivity index is 1.94. The molecule has 0 aliphatic heterocycles. The number of nitrogens with one attached hydrogen (secondary N) is 2. The van der Waals surface area contributed by atoms with Crippen LogP contribution in [0.4, 0.5) is 0 Å². The van der Waals surface area contributed by atoms with E-state index in [1.807, 2.05) is 0 Å². The van der Waals surface area contributed by atoms with E-state index in [-0.39, 0.29) is 22.6 Å². The van der Waals surface area contributed by atoms with Gasteiger partial charge in [-0.05, 0) is 49.0 Å². The zero-order chi connectivity index (χ0) is 15.9. The van der Waals surface area contributed by atoms with Crippen molar-refractivity contribution in [2.75, 3.05) is 12.3 Å². The van der Waals surface area contributed by atoms with E-state index in [0.29, 0.717) is 18.4 Å². The maximum atomic E-state index is 12.4. The Bertz CT molecular complexity index is 468. The van der Waals surface area contributed by atoms with Crippen molar-refractivity contribution in [1.82, 2.24) is 10.0 Å². The molecule has 5 heteroatoms. The molecule has 3 unspecified atom stereocenters. The molecule has 2 rings (SSSR count). The number of rotatable bonds is 7. The van der Waals surface area contributed by atoms with Gasteiger partial charge in [-0.1, -0.05) is 34.6 Å². The molecule has 0 spiro atoms. The molecular weight excluding hydrogens is 284 g/mol. The highest BCUT2D eigenvalue weighted by atomic mass is 32.2. The molecule has 2 bridgehead atoms. The first-order valence-electron chi connectivity index (χ1n) is 8.30. The van der Waals surface area contributed by atoms with Crippen molar-refractivity contribution in [2.45, 2.75) is 72.4 Å². The molecule has 124 valence electrons. The van der Waals surface area contributed by atoms with Crippen molar-refractivity contribution in [3.8, 4) is 0 Å². The number of hydrogen-bond acceptors (Lipinski definition) is 3. The van der Waals surface area contributed by atoms with E-state index in [1.54, 1.807) is 0 Å². The fourth-order valence-electron chi connectivity index (χ4n) is 4.49. The molecule has 0 radical (unpaired) electrons. The first-order chi connectivity index (χ1) is 9.57. The van der Waals surface area contributed by atoms with Crippen molar-refractivity contribution in [1.29, 1.82) is 0 Å². The third-order valence-corrected chi connectivity index (χ3v) is 7.13. The third kappa shape index (κ3) is 3.62. The zero-order valence-corrected chi connectivity index (χ0v) is 15.0. The van der Waals surface area contributed by atoms with Crippen molar-refractivity contribution in [3.63, 3.8) is 0 Å². The zero-order valence-electron chi connectivity index (χ0n) is 14.2. The van der Waals surface area contributed by atoms with Gasteiger partial charge >= 0.3 is 0 Å². The monoisotopic (exact) mass is 316 g/mol. The molecular formula is C16H32N2O2S. The van der Waals surface area contributed by atoms with Crippen molar-refractivity contribution in [2.24, 2.45) is 16.7 Å². The minimum absolute atomic E-state index is 0.0796. The minimum atomic E-state index is -3.18. The average Bonchev–Trinajstić information content (AvgIpc) is 2.82. The van der Waals surface area contributed by atoms with E-state index in [1.165, 1.54) is 12.8 Å². The van der Waals surface area contributed by atoms with Crippen LogP contribution in [0.1, 0.15) is 60.3 Å². The Hall–Kier alpha value is -0.130. The quantitative estimate of drug-likeness (QED) is 0.710. The van der Waals surface area contributed by atoms with Crippen LogP contribution in [0.3, 0.4) is 0 Å². The normalized spacial score (nSPS) is 34.8. The Kier molecular flexibility index (Phi) is 4.77. The highest BCUT2D eigenvalue weighted by Crippen LogP contribution is 2.62. The molecule has 2 aliphatic carbocycles. The van der Waals surface area contributed by atoms with Gasteiger partial charge in [0.2, 0.25) is 10.0 Å². The second kappa shape index (κ2) is 5.82. The second-order valence-corrected chi connectivity index (χ2v) is 10.1. The number of sulfonamides is 1. The van der Waals surface area contributed by atoms with Crippen LogP contribution in [-0.4, -0.2) is 32.8 Å². The molecule has 0 aromatic rings. The predicted octanol–water partition coefficient (Wildman–Crippen LogP) is 2.51. The van der Waals surface area contributed by atoms with E-state index < -0.39 is 10.0 Å². The Labute approximate surface area is 130 Å². The molecule has 0 aromatic heterocycles. The lowest BCUT2D eigenvalue weighted by Crippen LogP contribution is -2.52. The lowest BCUT2D eigenvalue weighted by molar-refractivity contribution is 0.127. The van der Waals surface area contributed by atoms with E-state index >= 15 is 0 Å². The molecule has 0 heterocycles. The summed E-state index contributed by atoms with van der Waals surface area (Å²) in [4.78, 5) is 0. The van der Waals surface area contributed by atoms with Gasteiger partial charge in [-0.2, -0.15) is 0 Å².